The lowest BCUT2D eigenvalue weighted by molar-refractivity contribution is 0.179. The van der Waals surface area contributed by atoms with Gasteiger partial charge in [-0.25, -0.2) is 0 Å². The predicted octanol–water partition coefficient (Wildman–Crippen LogP) is 4.66. The van der Waals surface area contributed by atoms with E-state index in [-0.39, 0.29) is 0 Å². The largest absolute Gasteiger partial charge is 0.380 e. The van der Waals surface area contributed by atoms with Gasteiger partial charge in [-0.05, 0) is 59.4 Å². The average Bonchev–Trinajstić information content (AvgIpc) is 2.67. The predicted molar refractivity (Wildman–Crippen MR) is 113 cm³/mol. The van der Waals surface area contributed by atoms with Crippen molar-refractivity contribution in [3.63, 3.8) is 0 Å². The lowest BCUT2D eigenvalue weighted by Crippen LogP contribution is -2.16. The first-order chi connectivity index (χ1) is 13.5. The standard InChI is InChI=1S/C23H33NO4/c1-16-20(14-27-6)8-18(12-25-4)10-22(16)24(3)23-11-19(13-26-5)9-21(15-28-7)17(23)2/h8-11H,12-15H2,1-7H3. The lowest BCUT2D eigenvalue weighted by atomic mass is 9.99. The van der Waals surface area contributed by atoms with Crippen molar-refractivity contribution in [1.82, 2.24) is 0 Å². The molecule has 5 nitrogen and oxygen atoms in total. The molecule has 2 aromatic rings. The average molecular weight is 388 g/mol. The van der Waals surface area contributed by atoms with Gasteiger partial charge in [0.15, 0.2) is 0 Å². The molecule has 0 aliphatic rings. The Bertz CT molecular complexity index is 723. The Morgan fingerprint density at radius 3 is 1.29 bits per heavy atom. The molecule has 0 fully saturated rings. The van der Waals surface area contributed by atoms with Crippen LogP contribution in [0.15, 0.2) is 24.3 Å². The van der Waals surface area contributed by atoms with E-state index in [2.05, 4.69) is 50.1 Å². The van der Waals surface area contributed by atoms with Crippen LogP contribution < -0.4 is 4.90 Å². The molecule has 154 valence electrons. The van der Waals surface area contributed by atoms with E-state index in [9.17, 15) is 0 Å². The first kappa shape index (κ1) is 22.4. The van der Waals surface area contributed by atoms with Crippen molar-refractivity contribution in [2.45, 2.75) is 40.3 Å². The molecule has 0 N–H and O–H groups in total. The van der Waals surface area contributed by atoms with E-state index >= 15 is 0 Å². The monoisotopic (exact) mass is 387 g/mol. The van der Waals surface area contributed by atoms with Gasteiger partial charge < -0.3 is 23.8 Å². The number of anilines is 2. The molecule has 0 saturated heterocycles. The zero-order chi connectivity index (χ0) is 20.7. The molecule has 2 aromatic carbocycles. The molecule has 0 spiro atoms. The van der Waals surface area contributed by atoms with Gasteiger partial charge >= 0.3 is 0 Å². The topological polar surface area (TPSA) is 40.2 Å². The Morgan fingerprint density at radius 1 is 0.607 bits per heavy atom. The summed E-state index contributed by atoms with van der Waals surface area (Å²) in [6.45, 7) is 6.55. The maximum absolute atomic E-state index is 5.42. The van der Waals surface area contributed by atoms with Crippen LogP contribution in [-0.4, -0.2) is 35.5 Å². The third-order valence-corrected chi connectivity index (χ3v) is 5.04. The minimum Gasteiger partial charge on any atom is -0.380 e. The molecule has 0 atom stereocenters. The Hall–Kier alpha value is -1.92. The minimum atomic E-state index is 0.565. The van der Waals surface area contributed by atoms with Crippen LogP contribution in [0.25, 0.3) is 0 Å². The number of methoxy groups -OCH3 is 4. The van der Waals surface area contributed by atoms with Crippen LogP contribution in [0.4, 0.5) is 11.4 Å². The Morgan fingerprint density at radius 2 is 0.964 bits per heavy atom. The second-order valence-electron chi connectivity index (χ2n) is 7.09. The molecule has 0 aliphatic carbocycles. The highest BCUT2D eigenvalue weighted by atomic mass is 16.5. The van der Waals surface area contributed by atoms with E-state index in [1.807, 2.05) is 0 Å². The van der Waals surface area contributed by atoms with E-state index in [0.29, 0.717) is 26.4 Å². The Kier molecular flexibility index (Phi) is 8.45. The van der Waals surface area contributed by atoms with Crippen LogP contribution in [0, 0.1) is 13.8 Å². The van der Waals surface area contributed by atoms with Gasteiger partial charge in [-0.1, -0.05) is 12.1 Å². The van der Waals surface area contributed by atoms with Crippen molar-refractivity contribution in [1.29, 1.82) is 0 Å². The number of benzene rings is 2. The summed E-state index contributed by atoms with van der Waals surface area (Å²) in [5, 5.41) is 0. The van der Waals surface area contributed by atoms with Crippen LogP contribution in [0.3, 0.4) is 0 Å². The summed E-state index contributed by atoms with van der Waals surface area (Å²) >= 11 is 0. The zero-order valence-electron chi connectivity index (χ0n) is 18.2. The van der Waals surface area contributed by atoms with Gasteiger partial charge in [0, 0.05) is 46.9 Å². The van der Waals surface area contributed by atoms with Crippen molar-refractivity contribution in [2.75, 3.05) is 40.4 Å². The normalized spacial score (nSPS) is 11.1. The fourth-order valence-electron chi connectivity index (χ4n) is 3.58. The van der Waals surface area contributed by atoms with Crippen LogP contribution >= 0.6 is 0 Å². The summed E-state index contributed by atoms with van der Waals surface area (Å²) in [5.41, 5.74) is 9.28. The number of nitrogens with zero attached hydrogens (tertiary/aromatic N) is 1. The highest BCUT2D eigenvalue weighted by Crippen LogP contribution is 2.35. The number of ether oxygens (including phenoxy) is 4. The van der Waals surface area contributed by atoms with Crippen molar-refractivity contribution in [3.8, 4) is 0 Å². The van der Waals surface area contributed by atoms with Crippen LogP contribution in [-0.2, 0) is 45.4 Å². The molecule has 0 unspecified atom stereocenters. The summed E-state index contributed by atoms with van der Waals surface area (Å²) in [7, 11) is 8.98. The first-order valence-electron chi connectivity index (χ1n) is 9.41. The molecule has 0 aromatic heterocycles. The SMILES string of the molecule is COCc1cc(COC)c(C)c(N(C)c2cc(COC)cc(COC)c2C)c1. The van der Waals surface area contributed by atoms with Crippen molar-refractivity contribution in [2.24, 2.45) is 0 Å². The molecule has 0 aliphatic heterocycles. The van der Waals surface area contributed by atoms with Crippen LogP contribution in [0.5, 0.6) is 0 Å². The summed E-state index contributed by atoms with van der Waals surface area (Å²) < 4.78 is 21.6. The number of hydrogen-bond donors (Lipinski definition) is 0. The van der Waals surface area contributed by atoms with E-state index in [4.69, 9.17) is 18.9 Å². The van der Waals surface area contributed by atoms with Crippen molar-refractivity contribution in [3.05, 3.63) is 57.6 Å². The van der Waals surface area contributed by atoms with Gasteiger partial charge in [0.1, 0.15) is 0 Å². The van der Waals surface area contributed by atoms with E-state index < -0.39 is 0 Å². The van der Waals surface area contributed by atoms with Crippen LogP contribution in [0.1, 0.15) is 33.4 Å². The molecule has 0 amide bonds. The second kappa shape index (κ2) is 10.6. The number of hydrogen-bond acceptors (Lipinski definition) is 5. The quantitative estimate of drug-likeness (QED) is 0.593. The Labute approximate surface area is 169 Å². The molecular weight excluding hydrogens is 354 g/mol. The van der Waals surface area contributed by atoms with E-state index in [1.165, 1.54) is 22.3 Å². The van der Waals surface area contributed by atoms with Crippen molar-refractivity contribution >= 4 is 11.4 Å². The molecule has 0 heterocycles. The molecule has 5 heteroatoms. The van der Waals surface area contributed by atoms with Gasteiger partial charge in [0.2, 0.25) is 0 Å². The maximum atomic E-state index is 5.42. The highest BCUT2D eigenvalue weighted by molar-refractivity contribution is 5.71. The summed E-state index contributed by atoms with van der Waals surface area (Å²) in [4.78, 5) is 2.24. The molecule has 0 bridgehead atoms. The van der Waals surface area contributed by atoms with Gasteiger partial charge in [0.25, 0.3) is 0 Å². The maximum Gasteiger partial charge on any atom is 0.0716 e. The molecular formula is C23H33NO4. The Balaban J connectivity index is 2.59. The summed E-state index contributed by atoms with van der Waals surface area (Å²) in [6.07, 6.45) is 0. The molecule has 0 radical (unpaired) electrons. The second-order valence-corrected chi connectivity index (χ2v) is 7.09. The molecule has 28 heavy (non-hydrogen) atoms. The lowest BCUT2D eigenvalue weighted by Gasteiger charge is -2.27. The fourth-order valence-corrected chi connectivity index (χ4v) is 3.58. The van der Waals surface area contributed by atoms with Crippen molar-refractivity contribution < 1.29 is 18.9 Å². The number of rotatable bonds is 10. The zero-order valence-corrected chi connectivity index (χ0v) is 18.2. The first-order valence-corrected chi connectivity index (χ1v) is 9.41. The molecule has 0 saturated carbocycles. The van der Waals surface area contributed by atoms with Gasteiger partial charge in [-0.2, -0.15) is 0 Å². The third-order valence-electron chi connectivity index (χ3n) is 5.04. The van der Waals surface area contributed by atoms with Crippen LogP contribution in [0.2, 0.25) is 0 Å². The van der Waals surface area contributed by atoms with E-state index in [0.717, 1.165) is 22.5 Å². The third kappa shape index (κ3) is 5.11. The van der Waals surface area contributed by atoms with Gasteiger partial charge in [-0.3, -0.25) is 0 Å². The fraction of sp³-hybridized carbons (Fsp3) is 0.478. The minimum absolute atomic E-state index is 0.565. The summed E-state index contributed by atoms with van der Waals surface area (Å²) in [6, 6.07) is 8.70. The van der Waals surface area contributed by atoms with Gasteiger partial charge in [0.05, 0.1) is 26.4 Å². The highest BCUT2D eigenvalue weighted by Gasteiger charge is 2.17. The van der Waals surface area contributed by atoms with Gasteiger partial charge in [-0.15, -0.1) is 0 Å². The summed E-state index contributed by atoms with van der Waals surface area (Å²) in [5.74, 6) is 0. The molecule has 2 rings (SSSR count). The smallest absolute Gasteiger partial charge is 0.0716 e. The van der Waals surface area contributed by atoms with E-state index in [1.54, 1.807) is 28.4 Å².